The van der Waals surface area contributed by atoms with Crippen molar-refractivity contribution < 1.29 is 28.3 Å². The number of aromatic hydroxyl groups is 1. The molecule has 0 saturated carbocycles. The molecule has 0 aliphatic carbocycles. The van der Waals surface area contributed by atoms with Crippen molar-refractivity contribution in [3.05, 3.63) is 83.3 Å². The number of esters is 1. The normalized spacial score (nSPS) is 11.3. The number of carbonyl (C=O) groups excluding carboxylic acids is 2. The number of hydrogen-bond acceptors (Lipinski definition) is 6. The number of ketones is 1. The Morgan fingerprint density at radius 1 is 1.03 bits per heavy atom. The SMILES string of the molecule is CCOC(=O)c1ccc(-c2ccc(/C=C/C(=O)c3c(C)oc4ccc(O)cc34)o2)cc1. The van der Waals surface area contributed by atoms with Crippen molar-refractivity contribution in [3.63, 3.8) is 0 Å². The lowest BCUT2D eigenvalue weighted by Gasteiger charge is -2.02. The fourth-order valence-corrected chi connectivity index (χ4v) is 3.34. The highest BCUT2D eigenvalue weighted by Crippen LogP contribution is 2.29. The average Bonchev–Trinajstić information content (AvgIpc) is 3.36. The number of furan rings is 2. The number of fused-ring (bicyclic) bond motifs is 1. The van der Waals surface area contributed by atoms with Crippen LogP contribution in [0.4, 0.5) is 0 Å². The first kappa shape index (κ1) is 20.2. The van der Waals surface area contributed by atoms with Crippen LogP contribution in [0.5, 0.6) is 5.75 Å². The monoisotopic (exact) mass is 416 g/mol. The van der Waals surface area contributed by atoms with Gasteiger partial charge in [-0.25, -0.2) is 4.79 Å². The molecule has 4 aromatic rings. The van der Waals surface area contributed by atoms with Gasteiger partial charge in [0.1, 0.15) is 28.6 Å². The van der Waals surface area contributed by atoms with Gasteiger partial charge in [-0.1, -0.05) is 12.1 Å². The second kappa shape index (κ2) is 8.36. The Bertz CT molecular complexity index is 1290. The van der Waals surface area contributed by atoms with E-state index in [2.05, 4.69) is 0 Å². The van der Waals surface area contributed by atoms with Crippen molar-refractivity contribution in [2.45, 2.75) is 13.8 Å². The van der Waals surface area contributed by atoms with Gasteiger partial charge in [0.05, 0.1) is 17.7 Å². The number of hydrogen-bond donors (Lipinski definition) is 1. The van der Waals surface area contributed by atoms with Crippen LogP contribution in [-0.2, 0) is 4.74 Å². The zero-order valence-corrected chi connectivity index (χ0v) is 17.0. The predicted molar refractivity (Wildman–Crippen MR) is 116 cm³/mol. The van der Waals surface area contributed by atoms with E-state index in [1.165, 1.54) is 18.2 Å². The van der Waals surface area contributed by atoms with Crippen molar-refractivity contribution in [3.8, 4) is 17.1 Å². The van der Waals surface area contributed by atoms with Crippen LogP contribution in [-0.4, -0.2) is 23.5 Å². The van der Waals surface area contributed by atoms with Crippen LogP contribution in [0, 0.1) is 6.92 Å². The molecule has 1 N–H and O–H groups in total. The van der Waals surface area contributed by atoms with Crippen LogP contribution in [0.1, 0.15) is 39.2 Å². The zero-order valence-electron chi connectivity index (χ0n) is 17.0. The highest BCUT2D eigenvalue weighted by Gasteiger charge is 2.17. The van der Waals surface area contributed by atoms with Gasteiger partial charge >= 0.3 is 5.97 Å². The summed E-state index contributed by atoms with van der Waals surface area (Å²) < 4.78 is 16.4. The second-order valence-electron chi connectivity index (χ2n) is 6.91. The summed E-state index contributed by atoms with van der Waals surface area (Å²) in [7, 11) is 0. The van der Waals surface area contributed by atoms with Crippen LogP contribution >= 0.6 is 0 Å². The number of rotatable bonds is 6. The zero-order chi connectivity index (χ0) is 22.0. The second-order valence-corrected chi connectivity index (χ2v) is 6.91. The Balaban J connectivity index is 1.53. The van der Waals surface area contributed by atoms with E-state index in [0.717, 1.165) is 5.56 Å². The number of phenolic OH excluding ortho intramolecular Hbond substituents is 1. The van der Waals surface area contributed by atoms with E-state index in [-0.39, 0.29) is 17.5 Å². The summed E-state index contributed by atoms with van der Waals surface area (Å²) in [5.74, 6) is 1.04. The smallest absolute Gasteiger partial charge is 0.338 e. The van der Waals surface area contributed by atoms with Gasteiger partial charge in [-0.15, -0.1) is 0 Å². The highest BCUT2D eigenvalue weighted by atomic mass is 16.5. The maximum Gasteiger partial charge on any atom is 0.338 e. The first-order valence-corrected chi connectivity index (χ1v) is 9.78. The lowest BCUT2D eigenvalue weighted by Crippen LogP contribution is -2.03. The van der Waals surface area contributed by atoms with Crippen LogP contribution in [0.15, 0.2) is 69.5 Å². The fraction of sp³-hybridized carbons (Fsp3) is 0.120. The molecule has 0 radical (unpaired) electrons. The van der Waals surface area contributed by atoms with E-state index in [1.807, 2.05) is 0 Å². The summed E-state index contributed by atoms with van der Waals surface area (Å²) in [5, 5.41) is 10.3. The van der Waals surface area contributed by atoms with Crippen molar-refractivity contribution in [2.24, 2.45) is 0 Å². The Hall–Kier alpha value is -4.06. The van der Waals surface area contributed by atoms with Crippen molar-refractivity contribution >= 4 is 28.8 Å². The molecular formula is C25H20O6. The third-order valence-corrected chi connectivity index (χ3v) is 4.80. The Morgan fingerprint density at radius 2 is 1.81 bits per heavy atom. The van der Waals surface area contributed by atoms with E-state index in [0.29, 0.717) is 46.0 Å². The number of aryl methyl sites for hydroxylation is 1. The first-order chi connectivity index (χ1) is 15.0. The summed E-state index contributed by atoms with van der Waals surface area (Å²) in [5.41, 5.74) is 2.21. The van der Waals surface area contributed by atoms with E-state index in [1.54, 1.807) is 62.4 Å². The largest absolute Gasteiger partial charge is 0.508 e. The molecular weight excluding hydrogens is 396 g/mol. The topological polar surface area (TPSA) is 89.9 Å². The summed E-state index contributed by atoms with van der Waals surface area (Å²) in [6.45, 7) is 3.79. The molecule has 0 unspecified atom stereocenters. The van der Waals surface area contributed by atoms with E-state index in [4.69, 9.17) is 13.6 Å². The fourth-order valence-electron chi connectivity index (χ4n) is 3.34. The van der Waals surface area contributed by atoms with Gasteiger partial charge in [0, 0.05) is 10.9 Å². The summed E-state index contributed by atoms with van der Waals surface area (Å²) in [6, 6.07) is 15.1. The molecule has 0 fully saturated rings. The molecule has 6 heteroatoms. The lowest BCUT2D eigenvalue weighted by atomic mass is 10.1. The molecule has 0 saturated heterocycles. The highest BCUT2D eigenvalue weighted by molar-refractivity contribution is 6.15. The molecule has 6 nitrogen and oxygen atoms in total. The molecule has 156 valence electrons. The van der Waals surface area contributed by atoms with E-state index >= 15 is 0 Å². The van der Waals surface area contributed by atoms with E-state index in [9.17, 15) is 14.7 Å². The number of carbonyl (C=O) groups is 2. The van der Waals surface area contributed by atoms with E-state index < -0.39 is 0 Å². The molecule has 0 bridgehead atoms. The maximum atomic E-state index is 12.7. The Morgan fingerprint density at radius 3 is 2.55 bits per heavy atom. The van der Waals surface area contributed by atoms with Gasteiger partial charge in [-0.05, 0) is 68.5 Å². The quantitative estimate of drug-likeness (QED) is 0.243. The summed E-state index contributed by atoms with van der Waals surface area (Å²) in [4.78, 5) is 24.5. The molecule has 0 spiro atoms. The van der Waals surface area contributed by atoms with Crippen LogP contribution in [0.3, 0.4) is 0 Å². The minimum atomic E-state index is -0.369. The van der Waals surface area contributed by atoms with Crippen LogP contribution in [0.2, 0.25) is 0 Å². The van der Waals surface area contributed by atoms with Gasteiger partial charge in [0.25, 0.3) is 0 Å². The average molecular weight is 416 g/mol. The molecule has 0 amide bonds. The number of allylic oxidation sites excluding steroid dienone is 1. The third kappa shape index (κ3) is 4.14. The van der Waals surface area contributed by atoms with Crippen LogP contribution < -0.4 is 0 Å². The van der Waals surface area contributed by atoms with Crippen molar-refractivity contribution in [1.29, 1.82) is 0 Å². The van der Waals surface area contributed by atoms with Crippen LogP contribution in [0.25, 0.3) is 28.4 Å². The number of phenols is 1. The Labute approximate surface area is 178 Å². The third-order valence-electron chi connectivity index (χ3n) is 4.80. The van der Waals surface area contributed by atoms with Gasteiger partial charge in [-0.2, -0.15) is 0 Å². The molecule has 0 aliphatic heterocycles. The van der Waals surface area contributed by atoms with Gasteiger partial charge in [0.2, 0.25) is 0 Å². The maximum absolute atomic E-state index is 12.7. The van der Waals surface area contributed by atoms with Gasteiger partial charge in [-0.3, -0.25) is 4.79 Å². The minimum absolute atomic E-state index is 0.0657. The number of ether oxygens (including phenoxy) is 1. The van der Waals surface area contributed by atoms with Crippen molar-refractivity contribution in [2.75, 3.05) is 6.61 Å². The first-order valence-electron chi connectivity index (χ1n) is 9.78. The molecule has 2 aromatic heterocycles. The molecule has 0 atom stereocenters. The minimum Gasteiger partial charge on any atom is -0.508 e. The standard InChI is InChI=1S/C25H20O6/c1-3-29-25(28)17-6-4-16(5-7-17)22-13-10-19(31-22)9-11-21(27)24-15(2)30-23-12-8-18(26)14-20(23)24/h4-14,26H,3H2,1-2H3/b11-9+. The number of benzene rings is 2. The molecule has 31 heavy (non-hydrogen) atoms. The molecule has 4 rings (SSSR count). The van der Waals surface area contributed by atoms with Gasteiger partial charge < -0.3 is 18.7 Å². The Kier molecular flexibility index (Phi) is 5.45. The lowest BCUT2D eigenvalue weighted by molar-refractivity contribution is 0.0526. The van der Waals surface area contributed by atoms with Gasteiger partial charge in [0.15, 0.2) is 5.78 Å². The van der Waals surface area contributed by atoms with Crippen molar-refractivity contribution in [1.82, 2.24) is 0 Å². The summed E-state index contributed by atoms with van der Waals surface area (Å²) >= 11 is 0. The predicted octanol–water partition coefficient (Wildman–Crippen LogP) is 5.78. The molecule has 2 aromatic carbocycles. The summed E-state index contributed by atoms with van der Waals surface area (Å²) in [6.07, 6.45) is 2.99. The molecule has 2 heterocycles. The molecule has 0 aliphatic rings.